The molecule has 4 aliphatic rings. The maximum absolute atomic E-state index is 14.4. The fraction of sp³-hybridized carbons (Fsp3) is 0.333. The molecule has 7 rings (SSSR count). The first-order valence-electron chi connectivity index (χ1n) is 15.7. The number of phenolic OH excluding ortho intramolecular Hbond substituents is 1. The van der Waals surface area contributed by atoms with Gasteiger partial charge in [-0.2, -0.15) is 26.3 Å². The third-order valence-electron chi connectivity index (χ3n) is 10.7. The second kappa shape index (κ2) is 11.2. The monoisotopic (exact) mass is 698 g/mol. The standard InChI is InChI=1S/C36H28F6N2O6/c1-34-25(31(47)44(33(34)49)20-6-4-3-5-7-20)16-24-22(29(34)17-8-11-27(50-2)26(45)12-17)9-10-23-28(24)32(48)43(30(23)46)21-14-18(35(37,38)39)13-19(15-21)36(40,41)42/h3-9,11-15,23-25,28-29,45H,10,16H2,1-2H3. The summed E-state index contributed by atoms with van der Waals surface area (Å²) >= 11 is 0. The Bertz CT molecular complexity index is 1960. The lowest BCUT2D eigenvalue weighted by Crippen LogP contribution is -2.48. The van der Waals surface area contributed by atoms with Crippen LogP contribution in [0.4, 0.5) is 37.7 Å². The molecule has 2 heterocycles. The Morgan fingerprint density at radius 3 is 2.00 bits per heavy atom. The third-order valence-corrected chi connectivity index (χ3v) is 10.7. The molecule has 2 aliphatic carbocycles. The van der Waals surface area contributed by atoms with E-state index in [4.69, 9.17) is 4.74 Å². The number of alkyl halides is 6. The average Bonchev–Trinajstić information content (AvgIpc) is 3.43. The van der Waals surface area contributed by atoms with Gasteiger partial charge in [0.15, 0.2) is 11.5 Å². The normalized spacial score (nSPS) is 28.0. The van der Waals surface area contributed by atoms with Crippen LogP contribution in [0.25, 0.3) is 0 Å². The van der Waals surface area contributed by atoms with Crippen molar-refractivity contribution < 1.29 is 55.4 Å². The van der Waals surface area contributed by atoms with Gasteiger partial charge in [0, 0.05) is 5.92 Å². The number of imide groups is 2. The largest absolute Gasteiger partial charge is 0.504 e. The maximum atomic E-state index is 14.4. The van der Waals surface area contributed by atoms with Gasteiger partial charge in [0.1, 0.15) is 0 Å². The second-order valence-electron chi connectivity index (χ2n) is 13.2. The number of fused-ring (bicyclic) bond motifs is 4. The summed E-state index contributed by atoms with van der Waals surface area (Å²) in [4.78, 5) is 58.1. The van der Waals surface area contributed by atoms with E-state index in [1.807, 2.05) is 0 Å². The van der Waals surface area contributed by atoms with Crippen molar-refractivity contribution in [1.29, 1.82) is 0 Å². The molecule has 3 aromatic carbocycles. The number of halogens is 6. The molecule has 0 bridgehead atoms. The first kappa shape index (κ1) is 33.4. The molecular weight excluding hydrogens is 670 g/mol. The number of hydrogen-bond donors (Lipinski definition) is 1. The Kier molecular flexibility index (Phi) is 7.47. The average molecular weight is 699 g/mol. The van der Waals surface area contributed by atoms with Gasteiger partial charge in [-0.3, -0.25) is 19.2 Å². The Balaban J connectivity index is 1.36. The number of phenols is 1. The van der Waals surface area contributed by atoms with Crippen molar-refractivity contribution in [3.8, 4) is 11.5 Å². The summed E-state index contributed by atoms with van der Waals surface area (Å²) < 4.78 is 87.7. The minimum absolute atomic E-state index is 0.0840. The molecule has 6 unspecified atom stereocenters. The number of methoxy groups -OCH3 is 1. The first-order valence-corrected chi connectivity index (χ1v) is 15.7. The van der Waals surface area contributed by atoms with Gasteiger partial charge in [0.2, 0.25) is 23.6 Å². The number of rotatable bonds is 4. The predicted molar refractivity (Wildman–Crippen MR) is 165 cm³/mol. The molecule has 1 saturated carbocycles. The lowest BCUT2D eigenvalue weighted by Gasteiger charge is -2.49. The van der Waals surface area contributed by atoms with E-state index in [2.05, 4.69) is 0 Å². The Hall–Kier alpha value is -5.14. The lowest BCUT2D eigenvalue weighted by molar-refractivity contribution is -0.143. The van der Waals surface area contributed by atoms with E-state index in [1.54, 1.807) is 49.4 Å². The van der Waals surface area contributed by atoms with Crippen molar-refractivity contribution in [2.75, 3.05) is 16.9 Å². The number of allylic oxidation sites excluding steroid dienone is 2. The highest BCUT2D eigenvalue weighted by atomic mass is 19.4. The molecule has 50 heavy (non-hydrogen) atoms. The minimum atomic E-state index is -5.21. The van der Waals surface area contributed by atoms with Crippen molar-refractivity contribution in [3.05, 3.63) is 95.1 Å². The molecule has 2 saturated heterocycles. The number of benzene rings is 3. The smallest absolute Gasteiger partial charge is 0.416 e. The van der Waals surface area contributed by atoms with E-state index in [0.29, 0.717) is 33.9 Å². The maximum Gasteiger partial charge on any atom is 0.416 e. The van der Waals surface area contributed by atoms with E-state index in [-0.39, 0.29) is 30.4 Å². The number of carbonyl (C=O) groups is 4. The molecule has 4 amide bonds. The van der Waals surface area contributed by atoms with Crippen molar-refractivity contribution in [3.63, 3.8) is 0 Å². The van der Waals surface area contributed by atoms with Crippen LogP contribution in [0.2, 0.25) is 0 Å². The summed E-state index contributed by atoms with van der Waals surface area (Å²) in [5, 5.41) is 10.8. The van der Waals surface area contributed by atoms with Crippen LogP contribution < -0.4 is 14.5 Å². The number of aromatic hydroxyl groups is 1. The van der Waals surface area contributed by atoms with E-state index in [1.165, 1.54) is 19.2 Å². The summed E-state index contributed by atoms with van der Waals surface area (Å²) in [5.74, 6) is -8.45. The Morgan fingerprint density at radius 1 is 0.780 bits per heavy atom. The predicted octanol–water partition coefficient (Wildman–Crippen LogP) is 6.87. The minimum Gasteiger partial charge on any atom is -0.504 e. The molecule has 0 aromatic heterocycles. The van der Waals surface area contributed by atoms with Crippen LogP contribution in [-0.2, 0) is 31.5 Å². The number of nitrogens with zero attached hydrogens (tertiary/aromatic N) is 2. The number of carbonyl (C=O) groups excluding carboxylic acids is 4. The zero-order chi connectivity index (χ0) is 36.1. The number of ether oxygens (including phenoxy) is 1. The highest BCUT2D eigenvalue weighted by molar-refractivity contribution is 6.25. The highest BCUT2D eigenvalue weighted by Crippen LogP contribution is 2.64. The van der Waals surface area contributed by atoms with Crippen LogP contribution in [0, 0.1) is 29.1 Å². The van der Waals surface area contributed by atoms with Crippen molar-refractivity contribution >= 4 is 35.0 Å². The van der Waals surface area contributed by atoms with Gasteiger partial charge in [-0.15, -0.1) is 0 Å². The van der Waals surface area contributed by atoms with Gasteiger partial charge in [-0.25, -0.2) is 9.80 Å². The van der Waals surface area contributed by atoms with Crippen LogP contribution in [-0.4, -0.2) is 35.8 Å². The van der Waals surface area contributed by atoms with Crippen LogP contribution in [0.5, 0.6) is 11.5 Å². The van der Waals surface area contributed by atoms with Crippen molar-refractivity contribution in [1.82, 2.24) is 0 Å². The number of hydrogen-bond acceptors (Lipinski definition) is 6. The van der Waals surface area contributed by atoms with E-state index >= 15 is 0 Å². The number of anilines is 2. The molecule has 14 heteroatoms. The summed E-state index contributed by atoms with van der Waals surface area (Å²) in [6, 6.07) is 13.3. The molecule has 1 N–H and O–H groups in total. The zero-order valence-corrected chi connectivity index (χ0v) is 26.4. The van der Waals surface area contributed by atoms with E-state index in [0.717, 1.165) is 4.90 Å². The van der Waals surface area contributed by atoms with Gasteiger partial charge in [0.05, 0.1) is 52.8 Å². The number of amides is 4. The summed E-state index contributed by atoms with van der Waals surface area (Å²) in [5.41, 5.74) is -4.44. The van der Waals surface area contributed by atoms with Crippen LogP contribution in [0.1, 0.15) is 42.4 Å². The van der Waals surface area contributed by atoms with Crippen molar-refractivity contribution in [2.45, 2.75) is 38.0 Å². The van der Waals surface area contributed by atoms with Gasteiger partial charge in [0.25, 0.3) is 0 Å². The number of para-hydroxylation sites is 1. The van der Waals surface area contributed by atoms with Crippen LogP contribution in [0.15, 0.2) is 78.4 Å². The molecular formula is C36H28F6N2O6. The van der Waals surface area contributed by atoms with Gasteiger partial charge in [-0.1, -0.05) is 35.9 Å². The molecule has 260 valence electrons. The van der Waals surface area contributed by atoms with Crippen molar-refractivity contribution in [2.24, 2.45) is 29.1 Å². The van der Waals surface area contributed by atoms with Crippen LogP contribution in [0.3, 0.4) is 0 Å². The molecule has 6 atom stereocenters. The summed E-state index contributed by atoms with van der Waals surface area (Å²) in [6.45, 7) is 1.63. The van der Waals surface area contributed by atoms with Crippen LogP contribution >= 0.6 is 0 Å². The topological polar surface area (TPSA) is 104 Å². The quantitative estimate of drug-likeness (QED) is 0.181. The summed E-state index contributed by atoms with van der Waals surface area (Å²) in [6.07, 6.45) is -8.96. The highest BCUT2D eigenvalue weighted by Gasteiger charge is 2.67. The summed E-state index contributed by atoms with van der Waals surface area (Å²) in [7, 11) is 1.35. The Morgan fingerprint density at radius 2 is 1.42 bits per heavy atom. The SMILES string of the molecule is COc1ccc(C2C3=CCC4C(=O)N(c5cc(C(F)(F)F)cc(C(F)(F)F)c5)C(=O)C4C3CC3C(=O)N(c4ccccc4)C(=O)C32C)cc1O. The molecule has 0 spiro atoms. The van der Waals surface area contributed by atoms with Gasteiger partial charge < -0.3 is 9.84 Å². The molecule has 3 aromatic rings. The molecule has 3 fully saturated rings. The Labute approximate surface area is 280 Å². The molecule has 0 radical (unpaired) electrons. The van der Waals surface area contributed by atoms with E-state index in [9.17, 15) is 50.6 Å². The zero-order valence-electron chi connectivity index (χ0n) is 26.4. The van der Waals surface area contributed by atoms with Gasteiger partial charge >= 0.3 is 12.4 Å². The van der Waals surface area contributed by atoms with Gasteiger partial charge in [-0.05, 0) is 73.7 Å². The lowest BCUT2D eigenvalue weighted by atomic mass is 9.51. The molecule has 8 nitrogen and oxygen atoms in total. The third kappa shape index (κ3) is 4.82. The molecule has 2 aliphatic heterocycles. The fourth-order valence-electron chi connectivity index (χ4n) is 8.43. The second-order valence-corrected chi connectivity index (χ2v) is 13.2. The first-order chi connectivity index (χ1) is 23.5. The fourth-order valence-corrected chi connectivity index (χ4v) is 8.43. The van der Waals surface area contributed by atoms with E-state index < -0.39 is 87.8 Å².